The lowest BCUT2D eigenvalue weighted by molar-refractivity contribution is -0.129. The average molecular weight is 564 g/mol. The summed E-state index contributed by atoms with van der Waals surface area (Å²) in [5, 5.41) is 2.75. The van der Waals surface area contributed by atoms with Gasteiger partial charge in [0.15, 0.2) is 16.7 Å². The van der Waals surface area contributed by atoms with E-state index < -0.39 is 5.25 Å². The van der Waals surface area contributed by atoms with Gasteiger partial charge < -0.3 is 24.3 Å². The van der Waals surface area contributed by atoms with Gasteiger partial charge in [-0.15, -0.1) is 0 Å². The number of hydrogen-bond donors (Lipinski definition) is 1. The van der Waals surface area contributed by atoms with Crippen LogP contribution in [-0.4, -0.2) is 61.6 Å². The van der Waals surface area contributed by atoms with Crippen molar-refractivity contribution in [1.82, 2.24) is 4.90 Å². The van der Waals surface area contributed by atoms with E-state index in [-0.39, 0.29) is 18.2 Å². The molecule has 0 saturated carbocycles. The average Bonchev–Trinajstić information content (AvgIpc) is 2.98. The largest absolute Gasteiger partial charge is 0.497 e. The molecule has 1 aliphatic rings. The Morgan fingerprint density at radius 1 is 0.950 bits per heavy atom. The molecular formula is C30H33N3O6S. The zero-order chi connectivity index (χ0) is 28.5. The minimum Gasteiger partial charge on any atom is -0.497 e. The van der Waals surface area contributed by atoms with Gasteiger partial charge in [-0.2, -0.15) is 0 Å². The highest BCUT2D eigenvalue weighted by Gasteiger charge is 2.36. The lowest BCUT2D eigenvalue weighted by atomic mass is 10.1. The van der Waals surface area contributed by atoms with Crippen molar-refractivity contribution in [2.24, 2.45) is 4.99 Å². The number of aliphatic imine (C=N–C) groups is 1. The Balaban J connectivity index is 1.53. The number of nitrogens with zero attached hydrogens (tertiary/aromatic N) is 2. The van der Waals surface area contributed by atoms with Crippen LogP contribution in [0.25, 0.3) is 0 Å². The number of benzene rings is 3. The van der Waals surface area contributed by atoms with Crippen molar-refractivity contribution in [3.05, 3.63) is 72.3 Å². The van der Waals surface area contributed by atoms with Crippen LogP contribution in [0.1, 0.15) is 18.9 Å². The van der Waals surface area contributed by atoms with Gasteiger partial charge in [-0.05, 0) is 79.6 Å². The van der Waals surface area contributed by atoms with Crippen LogP contribution in [-0.2, 0) is 16.0 Å². The quantitative estimate of drug-likeness (QED) is 0.337. The second kappa shape index (κ2) is 13.7. The fraction of sp³-hybridized carbons (Fsp3) is 0.300. The smallest absolute Gasteiger partial charge is 0.238 e. The molecule has 1 atom stereocenters. The number of thioether (sulfide) groups is 1. The number of methoxy groups -OCH3 is 3. The number of amides is 2. The fourth-order valence-electron chi connectivity index (χ4n) is 4.13. The van der Waals surface area contributed by atoms with Crippen molar-refractivity contribution < 1.29 is 28.5 Å². The number of anilines is 1. The second-order valence-electron chi connectivity index (χ2n) is 8.83. The first-order chi connectivity index (χ1) is 19.4. The van der Waals surface area contributed by atoms with Crippen LogP contribution in [0.15, 0.2) is 71.7 Å². The van der Waals surface area contributed by atoms with E-state index in [9.17, 15) is 9.59 Å². The molecule has 9 nitrogen and oxygen atoms in total. The molecule has 3 aromatic rings. The third-order valence-corrected chi connectivity index (χ3v) is 7.42. The Hall–Kier alpha value is -4.18. The lowest BCUT2D eigenvalue weighted by Crippen LogP contribution is -2.46. The normalized spacial score (nSPS) is 16.0. The highest BCUT2D eigenvalue weighted by Crippen LogP contribution is 2.32. The first kappa shape index (κ1) is 28.8. The molecule has 3 aromatic carbocycles. The van der Waals surface area contributed by atoms with Crippen molar-refractivity contribution in [3.63, 3.8) is 0 Å². The van der Waals surface area contributed by atoms with E-state index in [0.717, 1.165) is 11.3 Å². The zero-order valence-corrected chi connectivity index (χ0v) is 23.8. The molecule has 210 valence electrons. The number of amidine groups is 1. The molecule has 0 radical (unpaired) electrons. The minimum atomic E-state index is -0.631. The molecular weight excluding hydrogens is 530 g/mol. The Bertz CT molecular complexity index is 1340. The maximum atomic E-state index is 13.4. The van der Waals surface area contributed by atoms with Crippen molar-refractivity contribution in [2.45, 2.75) is 25.0 Å². The number of ether oxygens (including phenoxy) is 4. The molecule has 1 fully saturated rings. The van der Waals surface area contributed by atoms with Crippen LogP contribution in [0.5, 0.6) is 23.0 Å². The number of nitrogens with one attached hydrogen (secondary N) is 1. The molecule has 40 heavy (non-hydrogen) atoms. The van der Waals surface area contributed by atoms with Crippen LogP contribution in [0.3, 0.4) is 0 Å². The van der Waals surface area contributed by atoms with E-state index in [0.29, 0.717) is 53.4 Å². The summed E-state index contributed by atoms with van der Waals surface area (Å²) >= 11 is 1.28. The van der Waals surface area contributed by atoms with Gasteiger partial charge in [0.2, 0.25) is 11.8 Å². The van der Waals surface area contributed by atoms with Crippen LogP contribution >= 0.6 is 11.8 Å². The molecule has 1 N–H and O–H groups in total. The Morgan fingerprint density at radius 3 is 2.30 bits per heavy atom. The summed E-state index contributed by atoms with van der Waals surface area (Å²) in [4.78, 5) is 33.0. The number of carbonyl (C=O) groups excluding carboxylic acids is 2. The SMILES string of the molecule is CCOc1ccc(NC(=O)[C@H]2CC(=O)N(CCc3ccc(OC)c(OC)c3)C(=Nc3ccc(OC)cc3)S2)cc1. The Kier molecular flexibility index (Phi) is 9.91. The van der Waals surface area contributed by atoms with Gasteiger partial charge in [-0.25, -0.2) is 4.99 Å². The summed E-state index contributed by atoms with van der Waals surface area (Å²) in [5.74, 6) is 2.26. The number of rotatable bonds is 11. The van der Waals surface area contributed by atoms with Gasteiger partial charge >= 0.3 is 0 Å². The first-order valence-corrected chi connectivity index (χ1v) is 13.8. The van der Waals surface area contributed by atoms with E-state index >= 15 is 0 Å². The maximum Gasteiger partial charge on any atom is 0.238 e. The monoisotopic (exact) mass is 563 g/mol. The van der Waals surface area contributed by atoms with E-state index in [1.54, 1.807) is 62.6 Å². The number of hydrogen-bond acceptors (Lipinski definition) is 8. The minimum absolute atomic E-state index is 0.0566. The third kappa shape index (κ3) is 7.26. The fourth-order valence-corrected chi connectivity index (χ4v) is 5.25. The maximum absolute atomic E-state index is 13.4. The predicted octanol–water partition coefficient (Wildman–Crippen LogP) is 5.31. The predicted molar refractivity (Wildman–Crippen MR) is 157 cm³/mol. The summed E-state index contributed by atoms with van der Waals surface area (Å²) in [6.07, 6.45) is 0.623. The van der Waals surface area contributed by atoms with Crippen LogP contribution in [0.2, 0.25) is 0 Å². The summed E-state index contributed by atoms with van der Waals surface area (Å²) in [5.41, 5.74) is 2.26. The van der Waals surface area contributed by atoms with Crippen LogP contribution < -0.4 is 24.3 Å². The van der Waals surface area contributed by atoms with Gasteiger partial charge in [0.25, 0.3) is 0 Å². The lowest BCUT2D eigenvalue weighted by Gasteiger charge is -2.32. The molecule has 4 rings (SSSR count). The third-order valence-electron chi connectivity index (χ3n) is 6.23. The van der Waals surface area contributed by atoms with Crippen LogP contribution in [0.4, 0.5) is 11.4 Å². The second-order valence-corrected chi connectivity index (χ2v) is 10.0. The number of carbonyl (C=O) groups is 2. The molecule has 0 unspecified atom stereocenters. The molecule has 0 aliphatic carbocycles. The molecule has 0 spiro atoms. The highest BCUT2D eigenvalue weighted by molar-refractivity contribution is 8.15. The molecule has 10 heteroatoms. The van der Waals surface area contributed by atoms with E-state index in [4.69, 9.17) is 23.9 Å². The molecule has 0 bridgehead atoms. The van der Waals surface area contributed by atoms with E-state index in [1.165, 1.54) is 11.8 Å². The van der Waals surface area contributed by atoms with Gasteiger partial charge in [0.05, 0.1) is 33.6 Å². The summed E-state index contributed by atoms with van der Waals surface area (Å²) < 4.78 is 21.5. The molecule has 1 saturated heterocycles. The van der Waals surface area contributed by atoms with Crippen molar-refractivity contribution >= 4 is 40.1 Å². The topological polar surface area (TPSA) is 98.7 Å². The Labute approximate surface area is 238 Å². The molecule has 0 aromatic heterocycles. The van der Waals surface area contributed by atoms with Gasteiger partial charge in [0.1, 0.15) is 16.7 Å². The summed E-state index contributed by atoms with van der Waals surface area (Å²) in [6, 6.07) is 20.1. The van der Waals surface area contributed by atoms with Gasteiger partial charge in [-0.3, -0.25) is 14.5 Å². The zero-order valence-electron chi connectivity index (χ0n) is 23.0. The first-order valence-electron chi connectivity index (χ1n) is 12.9. The molecule has 1 aliphatic heterocycles. The highest BCUT2D eigenvalue weighted by atomic mass is 32.2. The molecule has 2 amide bonds. The van der Waals surface area contributed by atoms with Crippen molar-refractivity contribution in [3.8, 4) is 23.0 Å². The Morgan fingerprint density at radius 2 is 1.65 bits per heavy atom. The van der Waals surface area contributed by atoms with Crippen molar-refractivity contribution in [1.29, 1.82) is 0 Å². The summed E-state index contributed by atoms with van der Waals surface area (Å²) in [7, 11) is 4.77. The van der Waals surface area contributed by atoms with Gasteiger partial charge in [-0.1, -0.05) is 17.8 Å². The van der Waals surface area contributed by atoms with E-state index in [1.807, 2.05) is 37.3 Å². The molecule has 1 heterocycles. The standard InChI is InChI=1S/C30H33N3O6S/c1-5-39-24-13-9-21(10-14-24)31-29(35)27-19-28(34)33(17-16-20-6-15-25(37-3)26(18-20)38-4)30(40-27)32-22-7-11-23(36-2)12-8-22/h6-15,18,27H,5,16-17,19H2,1-4H3,(H,31,35)/t27-/m1/s1. The summed E-state index contributed by atoms with van der Waals surface area (Å²) in [6.45, 7) is 2.87. The van der Waals surface area contributed by atoms with E-state index in [2.05, 4.69) is 5.32 Å². The van der Waals surface area contributed by atoms with Crippen molar-refractivity contribution in [2.75, 3.05) is 39.8 Å². The van der Waals surface area contributed by atoms with Crippen LogP contribution in [0, 0.1) is 0 Å². The van der Waals surface area contributed by atoms with Gasteiger partial charge in [0, 0.05) is 18.7 Å².